The normalized spacial score (nSPS) is 15.1. The van der Waals surface area contributed by atoms with Crippen LogP contribution < -0.4 is 5.32 Å². The molecule has 3 nitrogen and oxygen atoms in total. The molecular formula is C18H22N2O. The molecule has 1 aliphatic rings. The van der Waals surface area contributed by atoms with Gasteiger partial charge in [0.25, 0.3) is 0 Å². The lowest BCUT2D eigenvalue weighted by molar-refractivity contribution is 0.480. The van der Waals surface area contributed by atoms with Crippen LogP contribution in [0.4, 0.5) is 0 Å². The average Bonchev–Trinajstić information content (AvgIpc) is 2.53. The lowest BCUT2D eigenvalue weighted by atomic mass is 9.97. The number of pyridine rings is 1. The molecular weight excluding hydrogens is 260 g/mol. The molecule has 1 aromatic heterocycles. The van der Waals surface area contributed by atoms with Gasteiger partial charge in [-0.05, 0) is 50.8 Å². The van der Waals surface area contributed by atoms with Crippen molar-refractivity contribution in [1.82, 2.24) is 10.3 Å². The summed E-state index contributed by atoms with van der Waals surface area (Å²) in [5.74, 6) is 0.252. The summed E-state index contributed by atoms with van der Waals surface area (Å²) in [7, 11) is 0. The van der Waals surface area contributed by atoms with Gasteiger partial charge in [0.2, 0.25) is 0 Å². The van der Waals surface area contributed by atoms with Gasteiger partial charge in [0, 0.05) is 11.9 Å². The number of allylic oxidation sites excluding steroid dienone is 1. The van der Waals surface area contributed by atoms with E-state index >= 15 is 0 Å². The van der Waals surface area contributed by atoms with E-state index < -0.39 is 0 Å². The summed E-state index contributed by atoms with van der Waals surface area (Å²) >= 11 is 0. The minimum absolute atomic E-state index is 0.252. The molecule has 0 spiro atoms. The average molecular weight is 282 g/mol. The molecule has 1 heterocycles. The van der Waals surface area contributed by atoms with Gasteiger partial charge in [-0.3, -0.25) is 0 Å². The Balaban J connectivity index is 1.55. The van der Waals surface area contributed by atoms with E-state index in [0.29, 0.717) is 5.52 Å². The van der Waals surface area contributed by atoms with Crippen LogP contribution in [0.15, 0.2) is 42.0 Å². The van der Waals surface area contributed by atoms with Crippen molar-refractivity contribution in [2.24, 2.45) is 0 Å². The molecule has 2 N–H and O–H groups in total. The highest BCUT2D eigenvalue weighted by Gasteiger charge is 2.04. The maximum atomic E-state index is 9.85. The molecule has 0 saturated heterocycles. The van der Waals surface area contributed by atoms with E-state index in [9.17, 15) is 5.11 Å². The Kier molecular flexibility index (Phi) is 4.51. The first-order valence-electron chi connectivity index (χ1n) is 7.79. The molecule has 0 amide bonds. The van der Waals surface area contributed by atoms with Gasteiger partial charge >= 0.3 is 0 Å². The SMILES string of the molecule is Oc1cccc2ccc(CNCCC3=CCCCC3)nc12. The number of nitrogens with one attached hydrogen (secondary N) is 1. The fraction of sp³-hybridized carbons (Fsp3) is 0.389. The first kappa shape index (κ1) is 14.1. The van der Waals surface area contributed by atoms with Gasteiger partial charge in [-0.2, -0.15) is 0 Å². The first-order chi connectivity index (χ1) is 10.3. The fourth-order valence-electron chi connectivity index (χ4n) is 2.87. The zero-order valence-corrected chi connectivity index (χ0v) is 12.3. The van der Waals surface area contributed by atoms with Gasteiger partial charge in [0.1, 0.15) is 11.3 Å². The van der Waals surface area contributed by atoms with Crippen molar-refractivity contribution >= 4 is 10.9 Å². The van der Waals surface area contributed by atoms with Crippen LogP contribution in [0.25, 0.3) is 10.9 Å². The number of hydrogen-bond acceptors (Lipinski definition) is 3. The quantitative estimate of drug-likeness (QED) is 0.645. The van der Waals surface area contributed by atoms with Gasteiger partial charge in [0.05, 0.1) is 5.69 Å². The molecule has 1 aromatic carbocycles. The van der Waals surface area contributed by atoms with E-state index in [2.05, 4.69) is 16.4 Å². The second kappa shape index (κ2) is 6.72. The predicted octanol–water partition coefficient (Wildman–Crippen LogP) is 3.92. The van der Waals surface area contributed by atoms with Crippen molar-refractivity contribution in [1.29, 1.82) is 0 Å². The molecule has 0 aliphatic heterocycles. The summed E-state index contributed by atoms with van der Waals surface area (Å²) in [5.41, 5.74) is 3.26. The lowest BCUT2D eigenvalue weighted by Crippen LogP contribution is -2.16. The van der Waals surface area contributed by atoms with Crippen molar-refractivity contribution < 1.29 is 5.11 Å². The second-order valence-corrected chi connectivity index (χ2v) is 5.69. The number of aromatic hydroxyl groups is 1. The lowest BCUT2D eigenvalue weighted by Gasteiger charge is -2.13. The zero-order valence-electron chi connectivity index (χ0n) is 12.3. The van der Waals surface area contributed by atoms with Crippen LogP contribution in [0, 0.1) is 0 Å². The van der Waals surface area contributed by atoms with Gasteiger partial charge < -0.3 is 10.4 Å². The van der Waals surface area contributed by atoms with Gasteiger partial charge in [-0.25, -0.2) is 4.98 Å². The van der Waals surface area contributed by atoms with Crippen molar-refractivity contribution in [2.75, 3.05) is 6.54 Å². The summed E-state index contributed by atoms with van der Waals surface area (Å²) in [6, 6.07) is 9.53. The van der Waals surface area contributed by atoms with Crippen molar-refractivity contribution in [2.45, 2.75) is 38.6 Å². The number of hydrogen-bond donors (Lipinski definition) is 2. The van der Waals surface area contributed by atoms with Crippen molar-refractivity contribution in [3.8, 4) is 5.75 Å². The number of benzene rings is 1. The summed E-state index contributed by atoms with van der Waals surface area (Å²) in [6.07, 6.45) is 8.75. The molecule has 0 radical (unpaired) electrons. The van der Waals surface area contributed by atoms with E-state index in [1.165, 1.54) is 25.7 Å². The third-order valence-corrected chi connectivity index (χ3v) is 4.07. The maximum Gasteiger partial charge on any atom is 0.141 e. The predicted molar refractivity (Wildman–Crippen MR) is 86.3 cm³/mol. The number of nitrogens with zero attached hydrogens (tertiary/aromatic N) is 1. The Morgan fingerprint density at radius 3 is 2.95 bits per heavy atom. The van der Waals surface area contributed by atoms with Crippen LogP contribution in [0.2, 0.25) is 0 Å². The molecule has 21 heavy (non-hydrogen) atoms. The summed E-state index contributed by atoms with van der Waals surface area (Å²) in [5, 5.41) is 14.3. The second-order valence-electron chi connectivity index (χ2n) is 5.69. The Hall–Kier alpha value is -1.87. The van der Waals surface area contributed by atoms with Crippen LogP contribution in [0.3, 0.4) is 0 Å². The van der Waals surface area contributed by atoms with Gasteiger partial charge in [-0.1, -0.05) is 29.8 Å². The number of fused-ring (bicyclic) bond motifs is 1. The Labute approximate surface area is 125 Å². The van der Waals surface area contributed by atoms with Crippen LogP contribution in [0.1, 0.15) is 37.8 Å². The van der Waals surface area contributed by atoms with Crippen LogP contribution in [-0.2, 0) is 6.54 Å². The minimum atomic E-state index is 0.252. The summed E-state index contributed by atoms with van der Waals surface area (Å²) < 4.78 is 0. The Morgan fingerprint density at radius 1 is 1.14 bits per heavy atom. The monoisotopic (exact) mass is 282 g/mol. The number of aromatic nitrogens is 1. The zero-order chi connectivity index (χ0) is 14.5. The smallest absolute Gasteiger partial charge is 0.141 e. The van der Waals surface area contributed by atoms with Crippen molar-refractivity contribution in [3.05, 3.63) is 47.7 Å². The van der Waals surface area contributed by atoms with Crippen LogP contribution >= 0.6 is 0 Å². The molecule has 110 valence electrons. The van der Waals surface area contributed by atoms with Gasteiger partial charge in [0.15, 0.2) is 0 Å². The van der Waals surface area contributed by atoms with Gasteiger partial charge in [-0.15, -0.1) is 0 Å². The highest BCUT2D eigenvalue weighted by Crippen LogP contribution is 2.22. The molecule has 0 unspecified atom stereocenters. The summed E-state index contributed by atoms with van der Waals surface area (Å²) in [4.78, 5) is 4.53. The van der Waals surface area contributed by atoms with E-state index in [1.807, 2.05) is 24.3 Å². The molecule has 0 saturated carbocycles. The van der Waals surface area contributed by atoms with Crippen molar-refractivity contribution in [3.63, 3.8) is 0 Å². The number of rotatable bonds is 5. The molecule has 0 fully saturated rings. The topological polar surface area (TPSA) is 45.1 Å². The summed E-state index contributed by atoms with van der Waals surface area (Å²) in [6.45, 7) is 1.74. The van der Waals surface area contributed by atoms with E-state index in [4.69, 9.17) is 0 Å². The number of phenols is 1. The molecule has 0 atom stereocenters. The van der Waals surface area contributed by atoms with E-state index in [1.54, 1.807) is 11.6 Å². The molecule has 3 rings (SSSR count). The third-order valence-electron chi connectivity index (χ3n) is 4.07. The minimum Gasteiger partial charge on any atom is -0.506 e. The maximum absolute atomic E-state index is 9.85. The number of phenolic OH excluding ortho intramolecular Hbond substituents is 1. The standard InChI is InChI=1S/C18H22N2O/c21-17-8-4-7-15-9-10-16(20-18(15)17)13-19-12-11-14-5-2-1-3-6-14/h4-5,7-10,19,21H,1-3,6,11-13H2. The molecule has 1 aliphatic carbocycles. The first-order valence-corrected chi connectivity index (χ1v) is 7.79. The molecule has 3 heteroatoms. The fourth-order valence-corrected chi connectivity index (χ4v) is 2.87. The number of para-hydroxylation sites is 1. The van der Waals surface area contributed by atoms with Crippen LogP contribution in [0.5, 0.6) is 5.75 Å². The third kappa shape index (κ3) is 3.61. The molecule has 0 bridgehead atoms. The molecule has 2 aromatic rings. The van der Waals surface area contributed by atoms with Crippen LogP contribution in [-0.4, -0.2) is 16.6 Å². The highest BCUT2D eigenvalue weighted by atomic mass is 16.3. The highest BCUT2D eigenvalue weighted by molar-refractivity contribution is 5.84. The van der Waals surface area contributed by atoms with E-state index in [-0.39, 0.29) is 5.75 Å². The Morgan fingerprint density at radius 2 is 2.10 bits per heavy atom. The van der Waals surface area contributed by atoms with E-state index in [0.717, 1.165) is 30.6 Å². The largest absolute Gasteiger partial charge is 0.506 e. The Bertz CT molecular complexity index is 649.